The van der Waals surface area contributed by atoms with E-state index < -0.39 is 47.1 Å². The Morgan fingerprint density at radius 2 is 1.17 bits per heavy atom. The summed E-state index contributed by atoms with van der Waals surface area (Å²) in [6, 6.07) is 17.2. The molecule has 0 aliphatic carbocycles. The van der Waals surface area contributed by atoms with Crippen molar-refractivity contribution in [1.29, 1.82) is 0 Å². The summed E-state index contributed by atoms with van der Waals surface area (Å²) in [5.74, 6) is -0.910. The van der Waals surface area contributed by atoms with E-state index in [1.165, 1.54) is 83.5 Å². The van der Waals surface area contributed by atoms with Crippen molar-refractivity contribution in [3.8, 4) is 11.4 Å². The van der Waals surface area contributed by atoms with Gasteiger partial charge in [-0.25, -0.2) is 4.68 Å². The Morgan fingerprint density at radius 1 is 0.690 bits per heavy atom. The third kappa shape index (κ3) is 17.1. The Balaban J connectivity index is 0.00000580. The molecule has 58 heavy (non-hydrogen) atoms. The number of nitrogens with zero attached hydrogens (tertiary/aromatic N) is 3. The van der Waals surface area contributed by atoms with Gasteiger partial charge in [0.1, 0.15) is 11.4 Å². The third-order valence-electron chi connectivity index (χ3n) is 9.24. The van der Waals surface area contributed by atoms with Gasteiger partial charge in [-0.1, -0.05) is 134 Å². The minimum atomic E-state index is -4.99. The zero-order valence-electron chi connectivity index (χ0n) is 33.9. The first-order valence-electron chi connectivity index (χ1n) is 19.3. The van der Waals surface area contributed by atoms with E-state index in [1.807, 2.05) is 0 Å². The standard InChI is InChI=1S/C40H53N5O9S2.2Na/c1-2-3-4-5-6-7-8-9-10-11-12-13-14-15-16-22-27-54-36-26-21-20-25-35(36)42-43-37-38(44-45(40(37)47)32-23-18-17-19-24-32)41-39(46)31-28-33(55(48,49)50)30-34(29-31)56(51,52)53;;/h17-21,23-26,28-30,44H,2-16,22,27H2,1H3,(H,41,46)(H,48,49,50)(H,51,52,53);;. The van der Waals surface area contributed by atoms with Crippen LogP contribution in [-0.2, 0) is 20.2 Å². The van der Waals surface area contributed by atoms with E-state index in [4.69, 9.17) is 4.74 Å². The molecule has 0 saturated carbocycles. The predicted molar refractivity (Wildman–Crippen MR) is 228 cm³/mol. The maximum atomic E-state index is 13.6. The number of ether oxygens (including phenoxy) is 1. The number of carbonyl (C=O) groups is 1. The molecule has 0 bridgehead atoms. The van der Waals surface area contributed by atoms with Crippen molar-refractivity contribution in [3.05, 3.63) is 88.7 Å². The monoisotopic (exact) mass is 857 g/mol. The molecule has 2 radical (unpaired) electrons. The van der Waals surface area contributed by atoms with Crippen LogP contribution in [0.5, 0.6) is 5.75 Å². The summed E-state index contributed by atoms with van der Waals surface area (Å²) >= 11 is 0. The molecule has 1 aromatic heterocycles. The Labute approximate surface area is 386 Å². The van der Waals surface area contributed by atoms with E-state index in [9.17, 15) is 35.5 Å². The molecule has 306 valence electrons. The van der Waals surface area contributed by atoms with Crippen molar-refractivity contribution in [3.63, 3.8) is 0 Å². The van der Waals surface area contributed by atoms with E-state index >= 15 is 0 Å². The van der Waals surface area contributed by atoms with Crippen LogP contribution in [-0.4, -0.2) is 107 Å². The molecule has 14 nitrogen and oxygen atoms in total. The van der Waals surface area contributed by atoms with Crippen molar-refractivity contribution in [1.82, 2.24) is 9.78 Å². The Kier molecular flexibility index (Phi) is 23.6. The van der Waals surface area contributed by atoms with Crippen LogP contribution in [0.1, 0.15) is 120 Å². The van der Waals surface area contributed by atoms with Crippen molar-refractivity contribution in [2.45, 2.75) is 119 Å². The number of para-hydroxylation sites is 2. The number of unbranched alkanes of at least 4 members (excludes halogenated alkanes) is 15. The molecule has 1 amide bonds. The summed E-state index contributed by atoms with van der Waals surface area (Å²) in [4.78, 5) is 25.1. The molecule has 4 aromatic rings. The summed E-state index contributed by atoms with van der Waals surface area (Å²) in [5, 5.41) is 13.6. The first-order valence-corrected chi connectivity index (χ1v) is 22.2. The number of carbonyl (C=O) groups excluding carboxylic acids is 1. The van der Waals surface area contributed by atoms with Crippen LogP contribution >= 0.6 is 0 Å². The normalized spacial score (nSPS) is 11.6. The summed E-state index contributed by atoms with van der Waals surface area (Å²) < 4.78 is 73.5. The number of azo groups is 1. The zero-order chi connectivity index (χ0) is 40.4. The molecule has 4 N–H and O–H groups in total. The second-order valence-corrected chi connectivity index (χ2v) is 16.6. The molecule has 0 fully saturated rings. The van der Waals surface area contributed by atoms with Crippen LogP contribution in [0.25, 0.3) is 5.69 Å². The first-order chi connectivity index (χ1) is 26.9. The largest absolute Gasteiger partial charge is 0.491 e. The van der Waals surface area contributed by atoms with Gasteiger partial charge < -0.3 is 10.1 Å². The molecule has 3 aromatic carbocycles. The van der Waals surface area contributed by atoms with Crippen LogP contribution in [0.15, 0.2) is 97.6 Å². The number of hydrogen-bond donors (Lipinski definition) is 4. The van der Waals surface area contributed by atoms with Gasteiger partial charge in [-0.05, 0) is 48.9 Å². The number of nitrogens with one attached hydrogen (secondary N) is 2. The van der Waals surface area contributed by atoms with Gasteiger partial charge in [-0.15, -0.1) is 10.2 Å². The van der Waals surface area contributed by atoms with E-state index in [1.54, 1.807) is 54.6 Å². The number of aromatic amines is 1. The Bertz CT molecular complexity index is 2130. The summed E-state index contributed by atoms with van der Waals surface area (Å²) in [6.45, 7) is 2.72. The van der Waals surface area contributed by atoms with Gasteiger partial charge in [0.15, 0.2) is 11.5 Å². The molecule has 1 heterocycles. The third-order valence-corrected chi connectivity index (χ3v) is 10.9. The molecule has 0 spiro atoms. The number of H-pyrrole nitrogens is 1. The number of amides is 1. The van der Waals surface area contributed by atoms with Gasteiger partial charge in [0.25, 0.3) is 26.1 Å². The predicted octanol–water partition coefficient (Wildman–Crippen LogP) is 9.21. The molecule has 0 saturated heterocycles. The topological polar surface area (TPSA) is 210 Å². The van der Waals surface area contributed by atoms with Crippen molar-refractivity contribution in [2.75, 3.05) is 11.9 Å². The van der Waals surface area contributed by atoms with E-state index in [0.717, 1.165) is 23.9 Å². The average molecular weight is 858 g/mol. The van der Waals surface area contributed by atoms with E-state index in [2.05, 4.69) is 27.6 Å². The fourth-order valence-electron chi connectivity index (χ4n) is 6.15. The van der Waals surface area contributed by atoms with E-state index in [-0.39, 0.29) is 70.6 Å². The molecule has 18 heteroatoms. The number of rotatable bonds is 25. The van der Waals surface area contributed by atoms with Crippen molar-refractivity contribution < 1.29 is 35.5 Å². The van der Waals surface area contributed by atoms with Gasteiger partial charge in [0.05, 0.1) is 22.1 Å². The molecule has 0 aliphatic heterocycles. The number of anilines is 1. The van der Waals surface area contributed by atoms with Gasteiger partial charge in [-0.3, -0.25) is 23.8 Å². The van der Waals surface area contributed by atoms with Gasteiger partial charge >= 0.3 is 5.56 Å². The van der Waals surface area contributed by atoms with Crippen LogP contribution in [0, 0.1) is 0 Å². The first kappa shape index (κ1) is 51.5. The molecular formula is C40H53N5Na2O9S2. The quantitative estimate of drug-likeness (QED) is 0.0216. The number of hydrogen-bond acceptors (Lipinski definition) is 9. The molecule has 0 unspecified atom stereocenters. The number of aromatic nitrogens is 2. The fraction of sp³-hybridized carbons (Fsp3) is 0.450. The maximum absolute atomic E-state index is 13.6. The average Bonchev–Trinajstić information content (AvgIpc) is 3.48. The molecular weight excluding hydrogens is 805 g/mol. The van der Waals surface area contributed by atoms with Crippen LogP contribution in [0.4, 0.5) is 17.2 Å². The summed E-state index contributed by atoms with van der Waals surface area (Å²) in [5.41, 5.74) is -0.898. The molecule has 0 atom stereocenters. The number of benzene rings is 3. The van der Waals surface area contributed by atoms with E-state index in [0.29, 0.717) is 41.9 Å². The zero-order valence-corrected chi connectivity index (χ0v) is 39.5. The fourth-order valence-corrected chi connectivity index (χ4v) is 7.33. The van der Waals surface area contributed by atoms with Crippen LogP contribution < -0.4 is 15.6 Å². The minimum absolute atomic E-state index is 0. The second kappa shape index (κ2) is 26.5. The van der Waals surface area contributed by atoms with Gasteiger partial charge in [0, 0.05) is 64.7 Å². The van der Waals surface area contributed by atoms with Crippen LogP contribution in [0.3, 0.4) is 0 Å². The minimum Gasteiger partial charge on any atom is -0.491 e. The summed E-state index contributed by atoms with van der Waals surface area (Å²) in [7, 11) is -9.98. The smallest absolute Gasteiger partial charge is 0.301 e. The Hall–Kier alpha value is -2.64. The summed E-state index contributed by atoms with van der Waals surface area (Å²) in [6.07, 6.45) is 20.3. The van der Waals surface area contributed by atoms with Gasteiger partial charge in [0.2, 0.25) is 0 Å². The SMILES string of the molecule is CCCCCCCCCCCCCCCCCCOc1ccccc1N=Nc1c(NC(=O)c2cc(S(=O)(=O)O)cc(S(=O)(=O)O)c2)[nH]n(-c2ccccc2)c1=O.[Na].[Na]. The second-order valence-electron chi connectivity index (χ2n) is 13.7. The van der Waals surface area contributed by atoms with Gasteiger partial charge in [-0.2, -0.15) is 16.8 Å². The molecule has 0 aliphatic rings. The Morgan fingerprint density at radius 3 is 1.69 bits per heavy atom. The van der Waals surface area contributed by atoms with Crippen molar-refractivity contribution in [2.24, 2.45) is 10.2 Å². The molecule has 4 rings (SSSR count). The van der Waals surface area contributed by atoms with Crippen molar-refractivity contribution >= 4 is 102 Å². The maximum Gasteiger partial charge on any atom is 0.301 e. The van der Waals surface area contributed by atoms with Crippen LogP contribution in [0.2, 0.25) is 0 Å².